The number of ether oxygens (including phenoxy) is 1. The van der Waals surface area contributed by atoms with Gasteiger partial charge >= 0.3 is 0 Å². The Hall–Kier alpha value is -0.730. The van der Waals surface area contributed by atoms with Crippen molar-refractivity contribution in [3.63, 3.8) is 0 Å². The first kappa shape index (κ1) is 5.41. The molecule has 0 unspecified atom stereocenters. The molecule has 1 aliphatic heterocycles. The van der Waals surface area contributed by atoms with Crippen molar-refractivity contribution in [2.75, 3.05) is 7.05 Å². The molecule has 1 rings (SSSR count). The Labute approximate surface area is 48.9 Å². The fourth-order valence-electron chi connectivity index (χ4n) is 0.514. The Bertz CT molecular complexity index is 111. The Morgan fingerprint density at radius 2 is 2.62 bits per heavy atom. The fraction of sp³-hybridized carbons (Fsp3) is 0.600. The number of rotatable bonds is 1. The lowest BCUT2D eigenvalue weighted by Gasteiger charge is -1.96. The Kier molecular flexibility index (Phi) is 1.37. The van der Waals surface area contributed by atoms with E-state index in [-0.39, 0.29) is 0 Å². The van der Waals surface area contributed by atoms with Crippen LogP contribution in [0.2, 0.25) is 0 Å². The van der Waals surface area contributed by atoms with Crippen LogP contribution in [-0.4, -0.2) is 18.0 Å². The van der Waals surface area contributed by atoms with E-state index in [2.05, 4.69) is 5.10 Å². The maximum Gasteiger partial charge on any atom is 0.245 e. The number of hydrogen-bond acceptors (Lipinski definition) is 3. The van der Waals surface area contributed by atoms with Crippen LogP contribution in [0.5, 0.6) is 0 Å². The lowest BCUT2D eigenvalue weighted by Crippen LogP contribution is -1.99. The summed E-state index contributed by atoms with van der Waals surface area (Å²) in [5.41, 5.74) is 0. The first-order valence-corrected chi connectivity index (χ1v) is 2.63. The maximum absolute atomic E-state index is 4.97. The summed E-state index contributed by atoms with van der Waals surface area (Å²) in [4.78, 5) is 0. The summed E-state index contributed by atoms with van der Waals surface area (Å²) < 4.78 is 4.97. The van der Waals surface area contributed by atoms with Crippen molar-refractivity contribution in [3.8, 4) is 0 Å². The number of nitrogens with zero attached hydrogens (tertiary/aromatic N) is 2. The van der Waals surface area contributed by atoms with Crippen molar-refractivity contribution in [2.45, 2.75) is 13.3 Å². The highest BCUT2D eigenvalue weighted by Crippen LogP contribution is 2.05. The molecule has 0 aromatic carbocycles. The van der Waals surface area contributed by atoms with Gasteiger partial charge < -0.3 is 4.74 Å². The van der Waals surface area contributed by atoms with E-state index in [9.17, 15) is 0 Å². The minimum Gasteiger partial charge on any atom is -0.448 e. The van der Waals surface area contributed by atoms with E-state index in [1.807, 2.05) is 14.0 Å². The van der Waals surface area contributed by atoms with E-state index in [4.69, 9.17) is 4.74 Å². The van der Waals surface area contributed by atoms with Crippen molar-refractivity contribution < 1.29 is 4.74 Å². The highest BCUT2D eigenvalue weighted by molar-refractivity contribution is 5.76. The van der Waals surface area contributed by atoms with E-state index in [0.717, 1.165) is 12.3 Å². The second-order valence-electron chi connectivity index (χ2n) is 1.64. The molecule has 45 valence electrons. The predicted molar refractivity (Wildman–Crippen MR) is 30.9 cm³/mol. The van der Waals surface area contributed by atoms with E-state index >= 15 is 0 Å². The van der Waals surface area contributed by atoms with Gasteiger partial charge in [0.05, 0.1) is 0 Å². The van der Waals surface area contributed by atoms with Crippen LogP contribution in [0.1, 0.15) is 13.3 Å². The van der Waals surface area contributed by atoms with Crippen molar-refractivity contribution in [1.29, 1.82) is 0 Å². The van der Waals surface area contributed by atoms with Gasteiger partial charge in [0.25, 0.3) is 0 Å². The molecule has 8 heavy (non-hydrogen) atoms. The van der Waals surface area contributed by atoms with Crippen LogP contribution < -0.4 is 0 Å². The Balaban J connectivity index is 2.44. The van der Waals surface area contributed by atoms with Crippen molar-refractivity contribution in [2.24, 2.45) is 5.10 Å². The molecule has 3 heteroatoms. The summed E-state index contributed by atoms with van der Waals surface area (Å²) in [6.45, 7) is 3.59. The smallest absolute Gasteiger partial charge is 0.245 e. The molecule has 1 radical (unpaired) electrons. The second kappa shape index (κ2) is 2.03. The third-order valence-electron chi connectivity index (χ3n) is 0.913. The minimum absolute atomic E-state index is 0.785. The van der Waals surface area contributed by atoms with Gasteiger partial charge in [0.15, 0.2) is 0 Å². The Morgan fingerprint density at radius 1 is 1.88 bits per heavy atom. The average Bonchev–Trinajstić information content (AvgIpc) is 2.14. The molecule has 0 fully saturated rings. The minimum atomic E-state index is 0.785. The van der Waals surface area contributed by atoms with Gasteiger partial charge in [-0.05, 0) is 0 Å². The molecular formula is C5H9N2O. The van der Waals surface area contributed by atoms with Gasteiger partial charge in [-0.1, -0.05) is 6.92 Å². The van der Waals surface area contributed by atoms with Crippen LogP contribution >= 0.6 is 0 Å². The molecule has 1 aliphatic rings. The Morgan fingerprint density at radius 3 is 2.88 bits per heavy atom. The lowest BCUT2D eigenvalue weighted by atomic mass is 10.5. The van der Waals surface area contributed by atoms with Gasteiger partial charge in [0.1, 0.15) is 0 Å². The SMILES string of the molecule is CCC1=NN(C)[CH]O1. The molecule has 0 saturated carbocycles. The van der Waals surface area contributed by atoms with Gasteiger partial charge in [-0.15, -0.1) is 5.10 Å². The zero-order chi connectivity index (χ0) is 5.98. The molecule has 0 bridgehead atoms. The van der Waals surface area contributed by atoms with Crippen molar-refractivity contribution in [3.05, 3.63) is 6.73 Å². The predicted octanol–water partition coefficient (Wildman–Crippen LogP) is 0.791. The first-order valence-electron chi connectivity index (χ1n) is 2.63. The van der Waals surface area contributed by atoms with Gasteiger partial charge in [-0.25, -0.2) is 0 Å². The van der Waals surface area contributed by atoms with Gasteiger partial charge in [-0.3, -0.25) is 5.01 Å². The molecule has 0 spiro atoms. The molecule has 0 saturated heterocycles. The zero-order valence-corrected chi connectivity index (χ0v) is 5.09. The topological polar surface area (TPSA) is 24.8 Å². The quantitative estimate of drug-likeness (QED) is 0.502. The van der Waals surface area contributed by atoms with E-state index < -0.39 is 0 Å². The molecule has 3 nitrogen and oxygen atoms in total. The van der Waals surface area contributed by atoms with E-state index in [0.29, 0.717) is 0 Å². The normalized spacial score (nSPS) is 18.2. The van der Waals surface area contributed by atoms with Crippen LogP contribution in [0.15, 0.2) is 5.10 Å². The summed E-state index contributed by atoms with van der Waals surface area (Å²) >= 11 is 0. The van der Waals surface area contributed by atoms with Crippen molar-refractivity contribution in [1.82, 2.24) is 5.01 Å². The van der Waals surface area contributed by atoms with E-state index in [1.165, 1.54) is 0 Å². The van der Waals surface area contributed by atoms with Gasteiger partial charge in [0, 0.05) is 13.5 Å². The van der Waals surface area contributed by atoms with Crippen LogP contribution in [0.25, 0.3) is 0 Å². The van der Waals surface area contributed by atoms with Gasteiger partial charge in [0.2, 0.25) is 12.6 Å². The summed E-state index contributed by atoms with van der Waals surface area (Å²) in [5.74, 6) is 0.785. The monoisotopic (exact) mass is 113 g/mol. The third-order valence-corrected chi connectivity index (χ3v) is 0.913. The molecule has 0 atom stereocenters. The highest BCUT2D eigenvalue weighted by atomic mass is 16.5. The molecular weight excluding hydrogens is 104 g/mol. The average molecular weight is 113 g/mol. The standard InChI is InChI=1S/C5H9N2O/c1-3-5-6-7(2)4-8-5/h4H,3H2,1-2H3. The second-order valence-corrected chi connectivity index (χ2v) is 1.64. The third kappa shape index (κ3) is 0.911. The molecule has 0 aliphatic carbocycles. The van der Waals surface area contributed by atoms with Crippen LogP contribution in [-0.2, 0) is 4.74 Å². The van der Waals surface area contributed by atoms with Crippen LogP contribution in [0.3, 0.4) is 0 Å². The first-order chi connectivity index (χ1) is 3.83. The molecule has 0 aromatic rings. The van der Waals surface area contributed by atoms with Crippen LogP contribution in [0, 0.1) is 6.73 Å². The summed E-state index contributed by atoms with van der Waals surface area (Å²) in [7, 11) is 1.84. The number of hydrogen-bond donors (Lipinski definition) is 0. The summed E-state index contributed by atoms with van der Waals surface area (Å²) in [5, 5.41) is 5.63. The zero-order valence-electron chi connectivity index (χ0n) is 5.09. The molecule has 1 heterocycles. The molecule has 0 amide bonds. The van der Waals surface area contributed by atoms with Crippen molar-refractivity contribution >= 4 is 5.90 Å². The summed E-state index contributed by atoms with van der Waals surface area (Å²) in [6, 6.07) is 0. The van der Waals surface area contributed by atoms with E-state index in [1.54, 1.807) is 11.7 Å². The lowest BCUT2D eigenvalue weighted by molar-refractivity contribution is 0.287. The highest BCUT2D eigenvalue weighted by Gasteiger charge is 2.08. The largest absolute Gasteiger partial charge is 0.448 e. The molecule has 0 N–H and O–H groups in total. The number of hydrazone groups is 1. The maximum atomic E-state index is 4.97. The molecule has 0 aromatic heterocycles. The van der Waals surface area contributed by atoms with Crippen LogP contribution in [0.4, 0.5) is 0 Å². The van der Waals surface area contributed by atoms with Gasteiger partial charge in [-0.2, -0.15) is 0 Å². The summed E-state index contributed by atoms with van der Waals surface area (Å²) in [6.07, 6.45) is 0.862. The fourth-order valence-corrected chi connectivity index (χ4v) is 0.514.